The molecule has 1 N–H and O–H groups in total. The zero-order valence-corrected chi connectivity index (χ0v) is 7.99. The number of methoxy groups -OCH3 is 1. The van der Waals surface area contributed by atoms with Gasteiger partial charge in [-0.05, 0) is 25.0 Å². The average molecular weight is 192 g/mol. The Labute approximate surface area is 82.0 Å². The highest BCUT2D eigenvalue weighted by molar-refractivity contribution is 6.02. The molecule has 0 fully saturated rings. The molecule has 2 rings (SSSR count). The fraction of sp³-hybridized carbons (Fsp3) is 0.400. The van der Waals surface area contributed by atoms with E-state index in [0.29, 0.717) is 0 Å². The number of nitrogens with zero attached hydrogens (tertiary/aromatic N) is 1. The Morgan fingerprint density at radius 2 is 2.57 bits per heavy atom. The van der Waals surface area contributed by atoms with Crippen molar-refractivity contribution in [2.24, 2.45) is 4.99 Å². The number of aromatic amines is 1. The van der Waals surface area contributed by atoms with Crippen LogP contribution in [0.3, 0.4) is 0 Å². The summed E-state index contributed by atoms with van der Waals surface area (Å²) >= 11 is 0. The normalized spacial score (nSPS) is 20.6. The maximum atomic E-state index is 11.2. The SMILES string of the molecule is COC(=O)C1CCC(c2ccc[nH]2)=N1. The summed E-state index contributed by atoms with van der Waals surface area (Å²) in [6.45, 7) is 0. The summed E-state index contributed by atoms with van der Waals surface area (Å²) in [5.41, 5.74) is 1.96. The van der Waals surface area contributed by atoms with Gasteiger partial charge in [-0.25, -0.2) is 4.79 Å². The van der Waals surface area contributed by atoms with Gasteiger partial charge in [-0.2, -0.15) is 0 Å². The van der Waals surface area contributed by atoms with Crippen molar-refractivity contribution < 1.29 is 9.53 Å². The molecule has 1 aromatic heterocycles. The summed E-state index contributed by atoms with van der Waals surface area (Å²) in [5.74, 6) is -0.244. The van der Waals surface area contributed by atoms with Crippen molar-refractivity contribution in [1.29, 1.82) is 0 Å². The minimum absolute atomic E-state index is 0.244. The highest BCUT2D eigenvalue weighted by atomic mass is 16.5. The maximum absolute atomic E-state index is 11.2. The van der Waals surface area contributed by atoms with Crippen LogP contribution in [-0.2, 0) is 9.53 Å². The number of aromatic nitrogens is 1. The van der Waals surface area contributed by atoms with E-state index in [-0.39, 0.29) is 12.0 Å². The number of nitrogens with one attached hydrogen (secondary N) is 1. The largest absolute Gasteiger partial charge is 0.467 e. The molecule has 1 atom stereocenters. The zero-order chi connectivity index (χ0) is 9.97. The van der Waals surface area contributed by atoms with E-state index in [1.54, 1.807) is 0 Å². The molecule has 74 valence electrons. The number of esters is 1. The van der Waals surface area contributed by atoms with Crippen molar-refractivity contribution in [3.63, 3.8) is 0 Å². The van der Waals surface area contributed by atoms with Crippen molar-refractivity contribution in [2.75, 3.05) is 7.11 Å². The fourth-order valence-electron chi connectivity index (χ4n) is 1.61. The monoisotopic (exact) mass is 192 g/mol. The molecule has 1 aromatic rings. The smallest absolute Gasteiger partial charge is 0.330 e. The van der Waals surface area contributed by atoms with E-state index in [2.05, 4.69) is 14.7 Å². The van der Waals surface area contributed by atoms with E-state index in [1.807, 2.05) is 18.3 Å². The second-order valence-electron chi connectivity index (χ2n) is 3.24. The van der Waals surface area contributed by atoms with E-state index in [9.17, 15) is 4.79 Å². The lowest BCUT2D eigenvalue weighted by atomic mass is 10.1. The molecule has 0 saturated carbocycles. The van der Waals surface area contributed by atoms with Gasteiger partial charge in [0.25, 0.3) is 0 Å². The highest BCUT2D eigenvalue weighted by Gasteiger charge is 2.25. The number of hydrogen-bond donors (Lipinski definition) is 1. The molecule has 0 radical (unpaired) electrons. The molecule has 0 aliphatic carbocycles. The second kappa shape index (κ2) is 3.65. The first-order valence-corrected chi connectivity index (χ1v) is 4.59. The number of hydrogen-bond acceptors (Lipinski definition) is 3. The first-order chi connectivity index (χ1) is 6.81. The van der Waals surface area contributed by atoms with Gasteiger partial charge in [0.05, 0.1) is 18.5 Å². The number of carbonyl (C=O) groups excluding carboxylic acids is 1. The predicted octanol–water partition coefficient (Wildman–Crippen LogP) is 1.14. The molecule has 1 aliphatic rings. The molecule has 0 aromatic carbocycles. The Morgan fingerprint density at radius 1 is 1.71 bits per heavy atom. The Hall–Kier alpha value is -1.58. The summed E-state index contributed by atoms with van der Waals surface area (Å²) in [5, 5.41) is 0. The highest BCUT2D eigenvalue weighted by Crippen LogP contribution is 2.18. The lowest BCUT2D eigenvalue weighted by molar-refractivity contribution is -0.141. The summed E-state index contributed by atoms with van der Waals surface area (Å²) in [4.78, 5) is 18.6. The molecule has 4 heteroatoms. The van der Waals surface area contributed by atoms with Crippen LogP contribution in [0.5, 0.6) is 0 Å². The van der Waals surface area contributed by atoms with E-state index in [4.69, 9.17) is 0 Å². The van der Waals surface area contributed by atoms with Gasteiger partial charge in [0.15, 0.2) is 0 Å². The third kappa shape index (κ3) is 1.55. The summed E-state index contributed by atoms with van der Waals surface area (Å²) in [6.07, 6.45) is 3.44. The molecule has 2 heterocycles. The van der Waals surface area contributed by atoms with Crippen LogP contribution in [0.15, 0.2) is 23.3 Å². The first-order valence-electron chi connectivity index (χ1n) is 4.59. The minimum Gasteiger partial charge on any atom is -0.467 e. The number of carbonyl (C=O) groups is 1. The van der Waals surface area contributed by atoms with Crippen LogP contribution in [-0.4, -0.2) is 29.8 Å². The maximum Gasteiger partial charge on any atom is 0.330 e. The minimum atomic E-state index is -0.307. The van der Waals surface area contributed by atoms with Crippen molar-refractivity contribution in [1.82, 2.24) is 4.98 Å². The molecule has 14 heavy (non-hydrogen) atoms. The van der Waals surface area contributed by atoms with Crippen LogP contribution in [0.25, 0.3) is 0 Å². The lowest BCUT2D eigenvalue weighted by Gasteiger charge is -2.01. The molecule has 4 nitrogen and oxygen atoms in total. The van der Waals surface area contributed by atoms with Gasteiger partial charge >= 0.3 is 5.97 Å². The van der Waals surface area contributed by atoms with Gasteiger partial charge in [0.2, 0.25) is 0 Å². The molecule has 1 unspecified atom stereocenters. The topological polar surface area (TPSA) is 54.5 Å². The molecule has 0 amide bonds. The first kappa shape index (κ1) is 8.99. The van der Waals surface area contributed by atoms with E-state index >= 15 is 0 Å². The van der Waals surface area contributed by atoms with Crippen molar-refractivity contribution in [3.8, 4) is 0 Å². The Morgan fingerprint density at radius 3 is 3.21 bits per heavy atom. The van der Waals surface area contributed by atoms with Crippen molar-refractivity contribution in [2.45, 2.75) is 18.9 Å². The molecule has 0 saturated heterocycles. The van der Waals surface area contributed by atoms with E-state index < -0.39 is 0 Å². The summed E-state index contributed by atoms with van der Waals surface area (Å²) in [6, 6.07) is 3.57. The van der Waals surface area contributed by atoms with Gasteiger partial charge < -0.3 is 9.72 Å². The molecule has 0 spiro atoms. The van der Waals surface area contributed by atoms with Crippen LogP contribution in [0.4, 0.5) is 0 Å². The van der Waals surface area contributed by atoms with Gasteiger partial charge in [0.1, 0.15) is 6.04 Å². The Balaban J connectivity index is 2.14. The third-order valence-electron chi connectivity index (χ3n) is 2.35. The van der Waals surface area contributed by atoms with Gasteiger partial charge in [-0.1, -0.05) is 0 Å². The van der Waals surface area contributed by atoms with Crippen LogP contribution in [0.1, 0.15) is 18.5 Å². The van der Waals surface area contributed by atoms with Crippen LogP contribution < -0.4 is 0 Å². The second-order valence-corrected chi connectivity index (χ2v) is 3.24. The van der Waals surface area contributed by atoms with Gasteiger partial charge in [0, 0.05) is 6.20 Å². The quantitative estimate of drug-likeness (QED) is 0.714. The average Bonchev–Trinajstić information content (AvgIpc) is 2.86. The van der Waals surface area contributed by atoms with Crippen molar-refractivity contribution in [3.05, 3.63) is 24.0 Å². The molecule has 0 bridgehead atoms. The van der Waals surface area contributed by atoms with Crippen LogP contribution in [0.2, 0.25) is 0 Å². The fourth-order valence-corrected chi connectivity index (χ4v) is 1.61. The van der Waals surface area contributed by atoms with E-state index in [1.165, 1.54) is 7.11 Å². The predicted molar refractivity (Wildman–Crippen MR) is 52.4 cm³/mol. The summed E-state index contributed by atoms with van der Waals surface area (Å²) in [7, 11) is 1.39. The van der Waals surface area contributed by atoms with E-state index in [0.717, 1.165) is 24.2 Å². The lowest BCUT2D eigenvalue weighted by Crippen LogP contribution is -2.16. The Kier molecular flexibility index (Phi) is 2.35. The Bertz CT molecular complexity index is 354. The standard InChI is InChI=1S/C10H12N2O2/c1-14-10(13)9-5-4-8(12-9)7-3-2-6-11-7/h2-3,6,9,11H,4-5H2,1H3. The van der Waals surface area contributed by atoms with Gasteiger partial charge in [-0.15, -0.1) is 0 Å². The number of aliphatic imine (C=N–C) groups is 1. The molecular formula is C10H12N2O2. The number of rotatable bonds is 2. The molecular weight excluding hydrogens is 180 g/mol. The molecule has 1 aliphatic heterocycles. The zero-order valence-electron chi connectivity index (χ0n) is 7.99. The number of ether oxygens (including phenoxy) is 1. The summed E-state index contributed by atoms with van der Waals surface area (Å²) < 4.78 is 4.64. The van der Waals surface area contributed by atoms with Crippen LogP contribution >= 0.6 is 0 Å². The third-order valence-corrected chi connectivity index (χ3v) is 2.35. The number of H-pyrrole nitrogens is 1. The van der Waals surface area contributed by atoms with Crippen molar-refractivity contribution >= 4 is 11.7 Å². The van der Waals surface area contributed by atoms with Crippen LogP contribution in [0, 0.1) is 0 Å². The van der Waals surface area contributed by atoms with Gasteiger partial charge in [-0.3, -0.25) is 4.99 Å².